The van der Waals surface area contributed by atoms with Crippen LogP contribution in [0.3, 0.4) is 0 Å². The largest absolute Gasteiger partial charge is 0.484 e. The monoisotopic (exact) mass is 449 g/mol. The average molecular weight is 450 g/mol. The second-order valence-corrected chi connectivity index (χ2v) is 9.20. The summed E-state index contributed by atoms with van der Waals surface area (Å²) in [6.07, 6.45) is 3.82. The maximum atomic E-state index is 12.9. The van der Waals surface area contributed by atoms with Gasteiger partial charge in [-0.25, -0.2) is 0 Å². The van der Waals surface area contributed by atoms with Crippen LogP contribution in [-0.2, 0) is 16.1 Å². The van der Waals surface area contributed by atoms with Gasteiger partial charge in [0.25, 0.3) is 5.91 Å². The third-order valence-electron chi connectivity index (χ3n) is 6.96. The van der Waals surface area contributed by atoms with E-state index >= 15 is 0 Å². The molecular weight excluding hydrogens is 414 g/mol. The standard InChI is InChI=1S/C27H35N3O3/c1-28(20-22-8-4-2-5-9-22)27(32)23-12-16-29(17-13-23)24-14-18-30(19-15-24)26(31)21-33-25-10-6-3-7-11-25/h2-11,23-24H,12-21H2,1H3. The van der Waals surface area contributed by atoms with Crippen LogP contribution in [0.1, 0.15) is 31.2 Å². The lowest BCUT2D eigenvalue weighted by atomic mass is 9.92. The molecule has 0 unspecified atom stereocenters. The normalized spacial score (nSPS) is 18.2. The number of hydrogen-bond acceptors (Lipinski definition) is 4. The zero-order valence-electron chi connectivity index (χ0n) is 19.6. The highest BCUT2D eigenvalue weighted by Crippen LogP contribution is 2.25. The molecule has 2 aromatic rings. The van der Waals surface area contributed by atoms with Crippen molar-refractivity contribution in [1.29, 1.82) is 0 Å². The first-order valence-corrected chi connectivity index (χ1v) is 12.1. The molecule has 0 aliphatic carbocycles. The molecule has 33 heavy (non-hydrogen) atoms. The number of amides is 2. The Kier molecular flexibility index (Phi) is 8.00. The lowest BCUT2D eigenvalue weighted by Gasteiger charge is -2.42. The number of hydrogen-bond donors (Lipinski definition) is 0. The van der Waals surface area contributed by atoms with Crippen molar-refractivity contribution in [3.63, 3.8) is 0 Å². The minimum Gasteiger partial charge on any atom is -0.484 e. The molecule has 176 valence electrons. The number of ether oxygens (including phenoxy) is 1. The summed E-state index contributed by atoms with van der Waals surface area (Å²) >= 11 is 0. The van der Waals surface area contributed by atoms with Gasteiger partial charge in [-0.1, -0.05) is 48.5 Å². The summed E-state index contributed by atoms with van der Waals surface area (Å²) < 4.78 is 5.62. The van der Waals surface area contributed by atoms with Gasteiger partial charge in [0.2, 0.25) is 5.91 Å². The van der Waals surface area contributed by atoms with Gasteiger partial charge in [0.05, 0.1) is 0 Å². The van der Waals surface area contributed by atoms with Crippen LogP contribution in [0.4, 0.5) is 0 Å². The van der Waals surface area contributed by atoms with Crippen molar-refractivity contribution >= 4 is 11.8 Å². The molecule has 0 saturated carbocycles. The topological polar surface area (TPSA) is 53.1 Å². The molecule has 2 fully saturated rings. The van der Waals surface area contributed by atoms with E-state index in [0.29, 0.717) is 12.6 Å². The molecule has 2 aromatic carbocycles. The zero-order chi connectivity index (χ0) is 23.0. The van der Waals surface area contributed by atoms with Gasteiger partial charge in [-0.15, -0.1) is 0 Å². The van der Waals surface area contributed by atoms with E-state index < -0.39 is 0 Å². The fourth-order valence-corrected chi connectivity index (χ4v) is 4.99. The highest BCUT2D eigenvalue weighted by atomic mass is 16.5. The number of carbonyl (C=O) groups excluding carboxylic acids is 2. The summed E-state index contributed by atoms with van der Waals surface area (Å²) in [6.45, 7) is 4.25. The smallest absolute Gasteiger partial charge is 0.260 e. The Morgan fingerprint density at radius 1 is 0.879 bits per heavy atom. The van der Waals surface area contributed by atoms with Crippen LogP contribution in [0, 0.1) is 5.92 Å². The van der Waals surface area contributed by atoms with Gasteiger partial charge in [0, 0.05) is 38.6 Å². The van der Waals surface area contributed by atoms with Crippen LogP contribution < -0.4 is 4.74 Å². The highest BCUT2D eigenvalue weighted by Gasteiger charge is 2.32. The predicted molar refractivity (Wildman–Crippen MR) is 129 cm³/mol. The molecule has 0 spiro atoms. The highest BCUT2D eigenvalue weighted by molar-refractivity contribution is 5.79. The third kappa shape index (κ3) is 6.35. The Balaban J connectivity index is 1.17. The zero-order valence-corrected chi connectivity index (χ0v) is 19.6. The summed E-state index contributed by atoms with van der Waals surface area (Å²) in [4.78, 5) is 31.8. The van der Waals surface area contributed by atoms with Crippen molar-refractivity contribution in [3.8, 4) is 5.75 Å². The predicted octanol–water partition coefficient (Wildman–Crippen LogP) is 3.43. The van der Waals surface area contributed by atoms with E-state index in [4.69, 9.17) is 4.74 Å². The third-order valence-corrected chi connectivity index (χ3v) is 6.96. The van der Waals surface area contributed by atoms with E-state index in [1.807, 2.05) is 65.4 Å². The van der Waals surface area contributed by atoms with Crippen molar-refractivity contribution in [2.24, 2.45) is 5.92 Å². The summed E-state index contributed by atoms with van der Waals surface area (Å²) in [5, 5.41) is 0. The lowest BCUT2D eigenvalue weighted by molar-refractivity contribution is -0.138. The molecule has 0 radical (unpaired) electrons. The van der Waals surface area contributed by atoms with Gasteiger partial charge in [-0.2, -0.15) is 0 Å². The van der Waals surface area contributed by atoms with Crippen LogP contribution in [0.5, 0.6) is 5.75 Å². The Hall–Kier alpha value is -2.86. The first-order chi connectivity index (χ1) is 16.1. The van der Waals surface area contributed by atoms with Crippen LogP contribution in [0.2, 0.25) is 0 Å². The van der Waals surface area contributed by atoms with Gasteiger partial charge >= 0.3 is 0 Å². The number of likely N-dealkylation sites (tertiary alicyclic amines) is 2. The Morgan fingerprint density at radius 2 is 1.48 bits per heavy atom. The van der Waals surface area contributed by atoms with E-state index in [0.717, 1.165) is 57.6 Å². The molecule has 0 aromatic heterocycles. The molecule has 2 heterocycles. The molecule has 0 N–H and O–H groups in total. The van der Waals surface area contributed by atoms with Crippen molar-refractivity contribution in [1.82, 2.24) is 14.7 Å². The van der Waals surface area contributed by atoms with E-state index in [9.17, 15) is 9.59 Å². The summed E-state index contributed by atoms with van der Waals surface area (Å²) in [6, 6.07) is 20.1. The van der Waals surface area contributed by atoms with E-state index in [1.165, 1.54) is 5.56 Å². The Morgan fingerprint density at radius 3 is 2.12 bits per heavy atom. The molecule has 0 bridgehead atoms. The molecule has 2 aliphatic heterocycles. The first kappa shape index (κ1) is 23.3. The number of carbonyl (C=O) groups is 2. The SMILES string of the molecule is CN(Cc1ccccc1)C(=O)C1CCN(C2CCN(C(=O)COc3ccccc3)CC2)CC1. The van der Waals surface area contributed by atoms with Gasteiger partial charge in [-0.05, 0) is 56.5 Å². The maximum Gasteiger partial charge on any atom is 0.260 e. The lowest BCUT2D eigenvalue weighted by Crippen LogP contribution is -2.50. The molecular formula is C27H35N3O3. The van der Waals surface area contributed by atoms with E-state index in [2.05, 4.69) is 17.0 Å². The number of rotatable bonds is 7. The maximum absolute atomic E-state index is 12.9. The minimum absolute atomic E-state index is 0.0584. The summed E-state index contributed by atoms with van der Waals surface area (Å²) in [5.74, 6) is 1.17. The number of para-hydroxylation sites is 1. The van der Waals surface area contributed by atoms with Crippen LogP contribution in [0.15, 0.2) is 60.7 Å². The number of piperidine rings is 2. The average Bonchev–Trinajstić information content (AvgIpc) is 2.88. The summed E-state index contributed by atoms with van der Waals surface area (Å²) in [7, 11) is 1.91. The van der Waals surface area contributed by atoms with Crippen LogP contribution in [-0.4, -0.2) is 72.4 Å². The Bertz CT molecular complexity index is 889. The van der Waals surface area contributed by atoms with Gasteiger partial charge in [-0.3, -0.25) is 9.59 Å². The fraction of sp³-hybridized carbons (Fsp3) is 0.481. The molecule has 2 amide bonds. The van der Waals surface area contributed by atoms with Gasteiger partial charge in [0.1, 0.15) is 5.75 Å². The van der Waals surface area contributed by atoms with Gasteiger partial charge < -0.3 is 19.4 Å². The van der Waals surface area contributed by atoms with Crippen LogP contribution >= 0.6 is 0 Å². The minimum atomic E-state index is 0.0584. The van der Waals surface area contributed by atoms with Crippen LogP contribution in [0.25, 0.3) is 0 Å². The molecule has 2 saturated heterocycles. The molecule has 6 nitrogen and oxygen atoms in total. The quantitative estimate of drug-likeness (QED) is 0.650. The second kappa shape index (κ2) is 11.3. The van der Waals surface area contributed by atoms with E-state index in [1.54, 1.807) is 0 Å². The van der Waals surface area contributed by atoms with E-state index in [-0.39, 0.29) is 24.3 Å². The van der Waals surface area contributed by atoms with Gasteiger partial charge in [0.15, 0.2) is 6.61 Å². The van der Waals surface area contributed by atoms with Crippen molar-refractivity contribution < 1.29 is 14.3 Å². The summed E-state index contributed by atoms with van der Waals surface area (Å²) in [5.41, 5.74) is 1.17. The number of nitrogens with zero attached hydrogens (tertiary/aromatic N) is 3. The first-order valence-electron chi connectivity index (χ1n) is 12.1. The van der Waals surface area contributed by atoms with Crippen molar-refractivity contribution in [2.45, 2.75) is 38.3 Å². The second-order valence-electron chi connectivity index (χ2n) is 9.20. The van der Waals surface area contributed by atoms with Crippen molar-refractivity contribution in [3.05, 3.63) is 66.2 Å². The van der Waals surface area contributed by atoms with Crippen molar-refractivity contribution in [2.75, 3.05) is 39.8 Å². The Labute approximate surface area is 197 Å². The molecule has 0 atom stereocenters. The number of benzene rings is 2. The molecule has 2 aliphatic rings. The molecule has 4 rings (SSSR count). The fourth-order valence-electron chi connectivity index (χ4n) is 4.99. The molecule has 6 heteroatoms.